The maximum atomic E-state index is 6.35. The fourth-order valence-electron chi connectivity index (χ4n) is 3.04. The molecule has 21 heavy (non-hydrogen) atoms. The summed E-state index contributed by atoms with van der Waals surface area (Å²) in [6.07, 6.45) is 5.37. The lowest BCUT2D eigenvalue weighted by atomic mass is 9.83. The first kappa shape index (κ1) is 14.7. The molecule has 0 N–H and O–H groups in total. The zero-order valence-electron chi connectivity index (χ0n) is 12.8. The van der Waals surface area contributed by atoms with Gasteiger partial charge in [-0.15, -0.1) is 11.6 Å². The Kier molecular flexibility index (Phi) is 4.39. The zero-order chi connectivity index (χ0) is 14.8. The molecule has 4 heteroatoms. The molecule has 0 saturated heterocycles. The van der Waals surface area contributed by atoms with Gasteiger partial charge in [0.25, 0.3) is 0 Å². The van der Waals surface area contributed by atoms with E-state index in [4.69, 9.17) is 21.3 Å². The summed E-state index contributed by atoms with van der Waals surface area (Å²) < 4.78 is 7.99. The van der Waals surface area contributed by atoms with Crippen LogP contribution in [0.3, 0.4) is 0 Å². The van der Waals surface area contributed by atoms with Crippen LogP contribution in [0.1, 0.15) is 50.7 Å². The Bertz CT molecular complexity index is 617. The molecule has 1 aliphatic rings. The average Bonchev–Trinajstić information content (AvgIpc) is 2.78. The van der Waals surface area contributed by atoms with Crippen molar-refractivity contribution < 1.29 is 4.74 Å². The van der Waals surface area contributed by atoms with E-state index < -0.39 is 0 Å². The molecule has 0 spiro atoms. The third-order valence-electron chi connectivity index (χ3n) is 4.41. The molecule has 114 valence electrons. The Morgan fingerprint density at radius 3 is 2.86 bits per heavy atom. The highest BCUT2D eigenvalue weighted by Crippen LogP contribution is 2.33. The molecule has 0 aliphatic heterocycles. The van der Waals surface area contributed by atoms with Crippen LogP contribution in [-0.4, -0.2) is 16.2 Å². The number of aryl methyl sites for hydroxylation is 1. The van der Waals surface area contributed by atoms with Gasteiger partial charge in [0.2, 0.25) is 0 Å². The lowest BCUT2D eigenvalue weighted by molar-refractivity contribution is 0.282. The lowest BCUT2D eigenvalue weighted by Crippen LogP contribution is -2.15. The molecule has 3 nitrogen and oxygen atoms in total. The first-order chi connectivity index (χ1) is 10.2. The van der Waals surface area contributed by atoms with Crippen molar-refractivity contribution in [2.75, 3.05) is 6.61 Å². The largest absolute Gasteiger partial charge is 0.492 e. The predicted octanol–water partition coefficient (Wildman–Crippen LogP) is 4.93. The molecule has 0 radical (unpaired) electrons. The van der Waals surface area contributed by atoms with Gasteiger partial charge >= 0.3 is 0 Å². The fraction of sp³-hybridized carbons (Fsp3) is 0.588. The van der Waals surface area contributed by atoms with Gasteiger partial charge in [-0.3, -0.25) is 0 Å². The molecule has 1 fully saturated rings. The summed E-state index contributed by atoms with van der Waals surface area (Å²) in [5.74, 6) is 2.70. The molecule has 1 aromatic heterocycles. The number of halogens is 1. The van der Waals surface area contributed by atoms with Gasteiger partial charge in [-0.25, -0.2) is 4.98 Å². The average molecular weight is 307 g/mol. The van der Waals surface area contributed by atoms with Crippen LogP contribution in [0.2, 0.25) is 0 Å². The summed E-state index contributed by atoms with van der Waals surface area (Å²) >= 11 is 6.35. The molecule has 1 heterocycles. The number of alkyl halides is 1. The molecule has 0 bridgehead atoms. The van der Waals surface area contributed by atoms with Crippen LogP contribution in [0.5, 0.6) is 5.75 Å². The first-order valence-electron chi connectivity index (χ1n) is 7.96. The summed E-state index contributed by atoms with van der Waals surface area (Å²) in [4.78, 5) is 4.76. The highest BCUT2D eigenvalue weighted by molar-refractivity contribution is 6.20. The summed E-state index contributed by atoms with van der Waals surface area (Å²) in [5, 5.41) is -0.0896. The van der Waals surface area contributed by atoms with Crippen LogP contribution >= 0.6 is 11.6 Å². The number of hydrogen-bond acceptors (Lipinski definition) is 2. The second-order valence-corrected chi connectivity index (χ2v) is 6.53. The van der Waals surface area contributed by atoms with Crippen molar-refractivity contribution in [2.45, 2.75) is 51.5 Å². The van der Waals surface area contributed by atoms with Crippen molar-refractivity contribution in [3.63, 3.8) is 0 Å². The molecule has 2 aromatic rings. The van der Waals surface area contributed by atoms with E-state index in [9.17, 15) is 0 Å². The summed E-state index contributed by atoms with van der Waals surface area (Å²) in [7, 11) is 0. The summed E-state index contributed by atoms with van der Waals surface area (Å²) in [5.41, 5.74) is 2.08. The molecule has 1 atom stereocenters. The number of ether oxygens (including phenoxy) is 1. The lowest BCUT2D eigenvalue weighted by Gasteiger charge is -2.25. The van der Waals surface area contributed by atoms with E-state index in [-0.39, 0.29) is 5.38 Å². The third kappa shape index (κ3) is 2.89. The van der Waals surface area contributed by atoms with Crippen molar-refractivity contribution in [1.82, 2.24) is 9.55 Å². The van der Waals surface area contributed by atoms with Crippen LogP contribution in [0.15, 0.2) is 18.2 Å². The van der Waals surface area contributed by atoms with Crippen molar-refractivity contribution in [3.05, 3.63) is 24.0 Å². The van der Waals surface area contributed by atoms with Crippen LogP contribution in [-0.2, 0) is 6.54 Å². The Morgan fingerprint density at radius 1 is 1.43 bits per heavy atom. The van der Waals surface area contributed by atoms with Gasteiger partial charge < -0.3 is 9.30 Å². The minimum absolute atomic E-state index is 0.0896. The van der Waals surface area contributed by atoms with Crippen LogP contribution in [0.4, 0.5) is 0 Å². The molecule has 3 rings (SSSR count). The van der Waals surface area contributed by atoms with E-state index in [0.717, 1.165) is 35.1 Å². The minimum Gasteiger partial charge on any atom is -0.492 e. The first-order valence-corrected chi connectivity index (χ1v) is 8.40. The number of para-hydroxylation sites is 1. The summed E-state index contributed by atoms with van der Waals surface area (Å²) in [6.45, 7) is 5.64. The number of rotatable bonds is 6. The van der Waals surface area contributed by atoms with E-state index in [1.165, 1.54) is 25.7 Å². The van der Waals surface area contributed by atoms with E-state index in [1.807, 2.05) is 26.0 Å². The van der Waals surface area contributed by atoms with Crippen LogP contribution in [0.25, 0.3) is 11.0 Å². The standard InChI is InChI=1S/C17H23ClN2O/c1-3-21-15-9-5-8-14-16(15)19-17(12(2)18)20(14)11-10-13-6-4-7-13/h5,8-9,12-13H,3-4,6-7,10-11H2,1-2H3. The van der Waals surface area contributed by atoms with Crippen molar-refractivity contribution in [3.8, 4) is 5.75 Å². The number of aromatic nitrogens is 2. The minimum atomic E-state index is -0.0896. The van der Waals surface area contributed by atoms with Gasteiger partial charge in [0.1, 0.15) is 17.1 Å². The maximum Gasteiger partial charge on any atom is 0.147 e. The molecule has 0 amide bonds. The quantitative estimate of drug-likeness (QED) is 0.708. The molecule has 1 saturated carbocycles. The van der Waals surface area contributed by atoms with E-state index >= 15 is 0 Å². The van der Waals surface area contributed by atoms with Gasteiger partial charge in [-0.1, -0.05) is 25.3 Å². The van der Waals surface area contributed by atoms with Crippen molar-refractivity contribution in [1.29, 1.82) is 0 Å². The van der Waals surface area contributed by atoms with Gasteiger partial charge in [0, 0.05) is 6.54 Å². The number of hydrogen-bond donors (Lipinski definition) is 0. The van der Waals surface area contributed by atoms with E-state index in [2.05, 4.69) is 10.6 Å². The highest BCUT2D eigenvalue weighted by atomic mass is 35.5. The van der Waals surface area contributed by atoms with Crippen molar-refractivity contribution in [2.24, 2.45) is 5.92 Å². The Balaban J connectivity index is 1.97. The molecule has 1 aliphatic carbocycles. The number of benzene rings is 1. The fourth-order valence-corrected chi connectivity index (χ4v) is 3.21. The van der Waals surface area contributed by atoms with E-state index in [1.54, 1.807) is 0 Å². The normalized spacial score (nSPS) is 16.9. The number of fused-ring (bicyclic) bond motifs is 1. The monoisotopic (exact) mass is 306 g/mol. The Labute approximate surface area is 131 Å². The Morgan fingerprint density at radius 2 is 2.24 bits per heavy atom. The summed E-state index contributed by atoms with van der Waals surface area (Å²) in [6, 6.07) is 6.14. The van der Waals surface area contributed by atoms with Gasteiger partial charge in [-0.2, -0.15) is 0 Å². The zero-order valence-corrected chi connectivity index (χ0v) is 13.6. The second-order valence-electron chi connectivity index (χ2n) is 5.88. The molecule has 1 unspecified atom stereocenters. The van der Waals surface area contributed by atoms with Crippen molar-refractivity contribution >= 4 is 22.6 Å². The van der Waals surface area contributed by atoms with Crippen LogP contribution < -0.4 is 4.74 Å². The third-order valence-corrected chi connectivity index (χ3v) is 4.61. The number of imidazole rings is 1. The highest BCUT2D eigenvalue weighted by Gasteiger charge is 2.21. The predicted molar refractivity (Wildman–Crippen MR) is 87.1 cm³/mol. The van der Waals surface area contributed by atoms with Crippen LogP contribution in [0, 0.1) is 5.92 Å². The Hall–Kier alpha value is -1.22. The molecular formula is C17H23ClN2O. The van der Waals surface area contributed by atoms with Gasteiger partial charge in [-0.05, 0) is 38.3 Å². The van der Waals surface area contributed by atoms with Gasteiger partial charge in [0.05, 0.1) is 17.5 Å². The molecular weight excluding hydrogens is 284 g/mol. The van der Waals surface area contributed by atoms with E-state index in [0.29, 0.717) is 6.61 Å². The molecule has 1 aromatic carbocycles. The smallest absolute Gasteiger partial charge is 0.147 e. The second kappa shape index (κ2) is 6.27. The SMILES string of the molecule is CCOc1cccc2c1nc(C(C)Cl)n2CCC1CCC1. The number of nitrogens with zero attached hydrogens (tertiary/aromatic N) is 2. The maximum absolute atomic E-state index is 6.35. The van der Waals surface area contributed by atoms with Gasteiger partial charge in [0.15, 0.2) is 0 Å². The topological polar surface area (TPSA) is 27.1 Å².